The molecular formula is C12H14N2O2. The maximum atomic E-state index is 5.47. The van der Waals surface area contributed by atoms with Crippen molar-refractivity contribution in [3.8, 4) is 5.88 Å². The van der Waals surface area contributed by atoms with Gasteiger partial charge in [0.2, 0.25) is 11.8 Å². The Balaban J connectivity index is 2.01. The van der Waals surface area contributed by atoms with Crippen LogP contribution in [0.2, 0.25) is 0 Å². The number of hydrogen-bond acceptors (Lipinski definition) is 4. The first-order chi connectivity index (χ1) is 7.75. The zero-order valence-corrected chi connectivity index (χ0v) is 9.38. The van der Waals surface area contributed by atoms with Crippen molar-refractivity contribution in [3.05, 3.63) is 42.2 Å². The van der Waals surface area contributed by atoms with Crippen molar-refractivity contribution < 1.29 is 9.15 Å². The molecule has 0 saturated heterocycles. The molecule has 0 saturated carbocycles. The highest BCUT2D eigenvalue weighted by Gasteiger charge is 2.04. The molecule has 0 unspecified atom stereocenters. The zero-order chi connectivity index (χ0) is 11.4. The molecule has 0 fully saturated rings. The van der Waals surface area contributed by atoms with Gasteiger partial charge in [-0.05, 0) is 12.0 Å². The fourth-order valence-corrected chi connectivity index (χ4v) is 1.29. The van der Waals surface area contributed by atoms with E-state index in [0.717, 1.165) is 5.69 Å². The second-order valence-electron chi connectivity index (χ2n) is 3.77. The van der Waals surface area contributed by atoms with Crippen LogP contribution in [0.15, 0.2) is 35.1 Å². The third-order valence-electron chi connectivity index (χ3n) is 2.16. The van der Waals surface area contributed by atoms with Crippen LogP contribution in [0.5, 0.6) is 5.88 Å². The summed E-state index contributed by atoms with van der Waals surface area (Å²) in [5.74, 6) is 1.55. The fourth-order valence-electron chi connectivity index (χ4n) is 1.29. The summed E-state index contributed by atoms with van der Waals surface area (Å²) in [6, 6.07) is 5.75. The summed E-state index contributed by atoms with van der Waals surface area (Å²) in [6.07, 6.45) is 3.12. The third-order valence-corrected chi connectivity index (χ3v) is 2.16. The number of pyridine rings is 1. The second kappa shape index (κ2) is 4.79. The van der Waals surface area contributed by atoms with Crippen molar-refractivity contribution >= 4 is 0 Å². The normalized spacial score (nSPS) is 10.7. The molecule has 2 rings (SSSR count). The SMILES string of the molecule is CC(C)c1cccc(OCc2ncco2)n1. The lowest BCUT2D eigenvalue weighted by atomic mass is 10.1. The molecule has 2 heterocycles. The molecule has 0 amide bonds. The molecule has 0 N–H and O–H groups in total. The van der Waals surface area contributed by atoms with Gasteiger partial charge in [0.15, 0.2) is 6.61 Å². The van der Waals surface area contributed by atoms with E-state index in [2.05, 4.69) is 23.8 Å². The minimum atomic E-state index is 0.307. The number of oxazole rings is 1. The maximum Gasteiger partial charge on any atom is 0.232 e. The number of ether oxygens (including phenoxy) is 1. The topological polar surface area (TPSA) is 48.2 Å². The van der Waals surface area contributed by atoms with Gasteiger partial charge in [0, 0.05) is 11.8 Å². The van der Waals surface area contributed by atoms with Crippen LogP contribution in [0.4, 0.5) is 0 Å². The molecule has 0 atom stereocenters. The molecule has 4 heteroatoms. The molecule has 2 aromatic heterocycles. The van der Waals surface area contributed by atoms with E-state index in [1.807, 2.05) is 18.2 Å². The van der Waals surface area contributed by atoms with Crippen LogP contribution < -0.4 is 4.74 Å². The summed E-state index contributed by atoms with van der Waals surface area (Å²) >= 11 is 0. The fraction of sp³-hybridized carbons (Fsp3) is 0.333. The summed E-state index contributed by atoms with van der Waals surface area (Å²) in [5.41, 5.74) is 1.02. The highest BCUT2D eigenvalue weighted by atomic mass is 16.5. The van der Waals surface area contributed by atoms with Crippen LogP contribution >= 0.6 is 0 Å². The maximum absolute atomic E-state index is 5.47. The molecule has 2 aromatic rings. The van der Waals surface area contributed by atoms with Gasteiger partial charge in [-0.3, -0.25) is 0 Å². The number of aromatic nitrogens is 2. The Hall–Kier alpha value is -1.84. The molecule has 16 heavy (non-hydrogen) atoms. The minimum Gasteiger partial charge on any atom is -0.468 e. The predicted octanol–water partition coefficient (Wildman–Crippen LogP) is 2.77. The van der Waals surface area contributed by atoms with E-state index in [4.69, 9.17) is 9.15 Å². The Bertz CT molecular complexity index is 438. The Morgan fingerprint density at radius 3 is 2.94 bits per heavy atom. The van der Waals surface area contributed by atoms with Gasteiger partial charge in [0.05, 0.1) is 6.20 Å². The first kappa shape index (κ1) is 10.7. The predicted molar refractivity (Wildman–Crippen MR) is 59.2 cm³/mol. The minimum absolute atomic E-state index is 0.307. The van der Waals surface area contributed by atoms with Crippen molar-refractivity contribution in [1.29, 1.82) is 0 Å². The van der Waals surface area contributed by atoms with Crippen molar-refractivity contribution in [2.75, 3.05) is 0 Å². The molecule has 0 aromatic carbocycles. The molecule has 0 bridgehead atoms. The van der Waals surface area contributed by atoms with E-state index in [1.165, 1.54) is 6.26 Å². The van der Waals surface area contributed by atoms with Gasteiger partial charge in [0.1, 0.15) is 6.26 Å². The van der Waals surface area contributed by atoms with Crippen LogP contribution in [-0.2, 0) is 6.61 Å². The summed E-state index contributed by atoms with van der Waals surface area (Å²) in [6.45, 7) is 4.50. The van der Waals surface area contributed by atoms with Gasteiger partial charge in [-0.2, -0.15) is 0 Å². The van der Waals surface area contributed by atoms with Crippen molar-refractivity contribution in [3.63, 3.8) is 0 Å². The van der Waals surface area contributed by atoms with Crippen LogP contribution in [0.25, 0.3) is 0 Å². The summed E-state index contributed by atoms with van der Waals surface area (Å²) in [4.78, 5) is 8.35. The molecule has 0 radical (unpaired) electrons. The number of hydrogen-bond donors (Lipinski definition) is 0. The highest BCUT2D eigenvalue weighted by molar-refractivity contribution is 5.17. The van der Waals surface area contributed by atoms with E-state index >= 15 is 0 Å². The molecule has 0 spiro atoms. The van der Waals surface area contributed by atoms with Gasteiger partial charge in [0.25, 0.3) is 0 Å². The Morgan fingerprint density at radius 2 is 2.25 bits per heavy atom. The monoisotopic (exact) mass is 218 g/mol. The molecule has 84 valence electrons. The lowest BCUT2D eigenvalue weighted by Gasteiger charge is -2.07. The Morgan fingerprint density at radius 1 is 1.38 bits per heavy atom. The average Bonchev–Trinajstić information content (AvgIpc) is 2.79. The van der Waals surface area contributed by atoms with Crippen molar-refractivity contribution in [2.24, 2.45) is 0 Å². The van der Waals surface area contributed by atoms with E-state index in [1.54, 1.807) is 6.20 Å². The van der Waals surface area contributed by atoms with E-state index in [0.29, 0.717) is 24.3 Å². The van der Waals surface area contributed by atoms with Gasteiger partial charge < -0.3 is 9.15 Å². The lowest BCUT2D eigenvalue weighted by molar-refractivity contribution is 0.253. The summed E-state index contributed by atoms with van der Waals surface area (Å²) in [7, 11) is 0. The Labute approximate surface area is 94.3 Å². The number of rotatable bonds is 4. The van der Waals surface area contributed by atoms with E-state index in [9.17, 15) is 0 Å². The first-order valence-electron chi connectivity index (χ1n) is 5.24. The smallest absolute Gasteiger partial charge is 0.232 e. The first-order valence-corrected chi connectivity index (χ1v) is 5.24. The van der Waals surface area contributed by atoms with Gasteiger partial charge in [-0.15, -0.1) is 0 Å². The molecular weight excluding hydrogens is 204 g/mol. The molecule has 0 aliphatic carbocycles. The Kier molecular flexibility index (Phi) is 3.19. The third kappa shape index (κ3) is 2.59. The summed E-state index contributed by atoms with van der Waals surface area (Å²) in [5, 5.41) is 0. The molecule has 0 aliphatic heterocycles. The average molecular weight is 218 g/mol. The number of nitrogens with zero attached hydrogens (tertiary/aromatic N) is 2. The molecule has 0 aliphatic rings. The molecule has 4 nitrogen and oxygen atoms in total. The van der Waals surface area contributed by atoms with E-state index in [-0.39, 0.29) is 0 Å². The van der Waals surface area contributed by atoms with Crippen LogP contribution in [0.1, 0.15) is 31.4 Å². The highest BCUT2D eigenvalue weighted by Crippen LogP contribution is 2.15. The van der Waals surface area contributed by atoms with Gasteiger partial charge in [-0.1, -0.05) is 19.9 Å². The van der Waals surface area contributed by atoms with Crippen LogP contribution in [0.3, 0.4) is 0 Å². The van der Waals surface area contributed by atoms with E-state index < -0.39 is 0 Å². The van der Waals surface area contributed by atoms with Gasteiger partial charge >= 0.3 is 0 Å². The largest absolute Gasteiger partial charge is 0.468 e. The second-order valence-corrected chi connectivity index (χ2v) is 3.77. The lowest BCUT2D eigenvalue weighted by Crippen LogP contribution is -2.00. The summed E-state index contributed by atoms with van der Waals surface area (Å²) < 4.78 is 10.5. The van der Waals surface area contributed by atoms with Crippen molar-refractivity contribution in [2.45, 2.75) is 26.4 Å². The standard InChI is InChI=1S/C12H14N2O2/c1-9(2)10-4-3-5-11(14-10)16-8-12-13-6-7-15-12/h3-7,9H,8H2,1-2H3. The van der Waals surface area contributed by atoms with Crippen LogP contribution in [-0.4, -0.2) is 9.97 Å². The zero-order valence-electron chi connectivity index (χ0n) is 9.38. The van der Waals surface area contributed by atoms with Crippen molar-refractivity contribution in [1.82, 2.24) is 9.97 Å². The quantitative estimate of drug-likeness (QED) is 0.791. The van der Waals surface area contributed by atoms with Gasteiger partial charge in [-0.25, -0.2) is 9.97 Å². The van der Waals surface area contributed by atoms with Crippen LogP contribution in [0, 0.1) is 0 Å².